The summed E-state index contributed by atoms with van der Waals surface area (Å²) in [7, 11) is 1.93. The molecule has 0 atom stereocenters. The Morgan fingerprint density at radius 2 is 2.17 bits per heavy atom. The number of hydrogen-bond donors (Lipinski definition) is 1. The molecule has 1 amide bonds. The van der Waals surface area contributed by atoms with E-state index in [1.54, 1.807) is 0 Å². The SMILES string of the molecule is CNCC1(C(=O)N2CCCc3ccccc32)CC1. The Labute approximate surface area is 108 Å². The zero-order valence-electron chi connectivity index (χ0n) is 10.9. The lowest BCUT2D eigenvalue weighted by Gasteiger charge is -2.32. The van der Waals surface area contributed by atoms with Crippen LogP contribution >= 0.6 is 0 Å². The number of aryl methyl sites for hydroxylation is 1. The van der Waals surface area contributed by atoms with Crippen LogP contribution in [-0.4, -0.2) is 26.0 Å². The van der Waals surface area contributed by atoms with Crippen LogP contribution in [0.3, 0.4) is 0 Å². The number of amides is 1. The van der Waals surface area contributed by atoms with E-state index in [1.807, 2.05) is 18.0 Å². The summed E-state index contributed by atoms with van der Waals surface area (Å²) in [5.41, 5.74) is 2.34. The zero-order valence-corrected chi connectivity index (χ0v) is 10.9. The van der Waals surface area contributed by atoms with E-state index in [0.717, 1.165) is 44.5 Å². The molecule has 2 aliphatic rings. The second-order valence-corrected chi connectivity index (χ2v) is 5.50. The van der Waals surface area contributed by atoms with E-state index in [0.29, 0.717) is 5.91 Å². The highest BCUT2D eigenvalue weighted by molar-refractivity contribution is 6.00. The molecule has 0 bridgehead atoms. The van der Waals surface area contributed by atoms with Crippen molar-refractivity contribution in [2.75, 3.05) is 25.0 Å². The fourth-order valence-corrected chi connectivity index (χ4v) is 2.99. The molecule has 0 aromatic heterocycles. The Hall–Kier alpha value is -1.35. The molecule has 0 unspecified atom stereocenters. The van der Waals surface area contributed by atoms with E-state index < -0.39 is 0 Å². The van der Waals surface area contributed by atoms with Crippen molar-refractivity contribution in [1.29, 1.82) is 0 Å². The number of hydrogen-bond acceptors (Lipinski definition) is 2. The number of nitrogens with zero attached hydrogens (tertiary/aromatic N) is 1. The first-order valence-electron chi connectivity index (χ1n) is 6.81. The van der Waals surface area contributed by atoms with Crippen LogP contribution in [-0.2, 0) is 11.2 Å². The number of anilines is 1. The lowest BCUT2D eigenvalue weighted by Crippen LogP contribution is -2.43. The maximum atomic E-state index is 12.7. The second-order valence-electron chi connectivity index (χ2n) is 5.50. The molecule has 1 saturated carbocycles. The average Bonchev–Trinajstić information content (AvgIpc) is 3.19. The molecule has 1 N–H and O–H groups in total. The summed E-state index contributed by atoms with van der Waals surface area (Å²) in [5.74, 6) is 0.323. The molecule has 1 fully saturated rings. The molecule has 96 valence electrons. The van der Waals surface area contributed by atoms with Gasteiger partial charge in [-0.1, -0.05) is 18.2 Å². The number of benzene rings is 1. The molecular weight excluding hydrogens is 224 g/mol. The minimum absolute atomic E-state index is 0.112. The zero-order chi connectivity index (χ0) is 12.6. The first-order chi connectivity index (χ1) is 8.77. The summed E-state index contributed by atoms with van der Waals surface area (Å²) in [5, 5.41) is 3.17. The van der Waals surface area contributed by atoms with Gasteiger partial charge in [-0.25, -0.2) is 0 Å². The van der Waals surface area contributed by atoms with Crippen molar-refractivity contribution in [2.45, 2.75) is 25.7 Å². The number of carbonyl (C=O) groups is 1. The van der Waals surface area contributed by atoms with E-state index in [4.69, 9.17) is 0 Å². The van der Waals surface area contributed by atoms with Crippen LogP contribution in [0.1, 0.15) is 24.8 Å². The molecule has 3 rings (SSSR count). The Balaban J connectivity index is 1.88. The summed E-state index contributed by atoms with van der Waals surface area (Å²) < 4.78 is 0. The maximum Gasteiger partial charge on any atom is 0.234 e. The van der Waals surface area contributed by atoms with Crippen LogP contribution in [0, 0.1) is 5.41 Å². The van der Waals surface area contributed by atoms with Crippen molar-refractivity contribution in [1.82, 2.24) is 5.32 Å². The van der Waals surface area contributed by atoms with Gasteiger partial charge in [-0.05, 0) is 44.4 Å². The third kappa shape index (κ3) is 1.83. The van der Waals surface area contributed by atoms with Gasteiger partial charge in [0.15, 0.2) is 0 Å². The van der Waals surface area contributed by atoms with Crippen LogP contribution in [0.2, 0.25) is 0 Å². The highest BCUT2D eigenvalue weighted by atomic mass is 16.2. The Morgan fingerprint density at radius 3 is 2.89 bits per heavy atom. The average molecular weight is 244 g/mol. The van der Waals surface area contributed by atoms with Crippen molar-refractivity contribution in [3.63, 3.8) is 0 Å². The molecule has 0 spiro atoms. The summed E-state index contributed by atoms with van der Waals surface area (Å²) in [4.78, 5) is 14.7. The predicted octanol–water partition coefficient (Wildman–Crippen LogP) is 1.97. The van der Waals surface area contributed by atoms with Gasteiger partial charge in [0.25, 0.3) is 0 Å². The van der Waals surface area contributed by atoms with Gasteiger partial charge in [0.2, 0.25) is 5.91 Å². The monoisotopic (exact) mass is 244 g/mol. The van der Waals surface area contributed by atoms with Crippen LogP contribution < -0.4 is 10.2 Å². The highest BCUT2D eigenvalue weighted by Crippen LogP contribution is 2.48. The maximum absolute atomic E-state index is 12.7. The van der Waals surface area contributed by atoms with Gasteiger partial charge < -0.3 is 10.2 Å². The topological polar surface area (TPSA) is 32.3 Å². The van der Waals surface area contributed by atoms with Gasteiger partial charge in [-0.2, -0.15) is 0 Å². The molecule has 18 heavy (non-hydrogen) atoms. The molecule has 3 nitrogen and oxygen atoms in total. The van der Waals surface area contributed by atoms with Gasteiger partial charge in [0.05, 0.1) is 5.41 Å². The van der Waals surface area contributed by atoms with Gasteiger partial charge in [0.1, 0.15) is 0 Å². The largest absolute Gasteiger partial charge is 0.319 e. The summed E-state index contributed by atoms with van der Waals surface area (Å²) in [6, 6.07) is 8.32. The minimum Gasteiger partial charge on any atom is -0.319 e. The van der Waals surface area contributed by atoms with E-state index in [9.17, 15) is 4.79 Å². The molecular formula is C15H20N2O. The molecule has 0 saturated heterocycles. The summed E-state index contributed by atoms with van der Waals surface area (Å²) >= 11 is 0. The van der Waals surface area contributed by atoms with Crippen molar-refractivity contribution < 1.29 is 4.79 Å². The van der Waals surface area contributed by atoms with Crippen molar-refractivity contribution in [3.8, 4) is 0 Å². The van der Waals surface area contributed by atoms with Gasteiger partial charge in [0, 0.05) is 18.8 Å². The van der Waals surface area contributed by atoms with Crippen LogP contribution in [0.5, 0.6) is 0 Å². The standard InChI is InChI=1S/C15H20N2O/c1-16-11-15(8-9-15)14(18)17-10-4-6-12-5-2-3-7-13(12)17/h2-3,5,7,16H,4,6,8-11H2,1H3. The molecule has 1 aromatic carbocycles. The van der Waals surface area contributed by atoms with Crippen molar-refractivity contribution in [3.05, 3.63) is 29.8 Å². The number of nitrogens with one attached hydrogen (secondary N) is 1. The first kappa shape index (κ1) is 11.7. The molecule has 1 aliphatic carbocycles. The van der Waals surface area contributed by atoms with E-state index in [-0.39, 0.29) is 5.41 Å². The Bertz CT molecular complexity index is 465. The van der Waals surface area contributed by atoms with Crippen LogP contribution in [0.15, 0.2) is 24.3 Å². The predicted molar refractivity (Wildman–Crippen MR) is 72.7 cm³/mol. The highest BCUT2D eigenvalue weighted by Gasteiger charge is 2.51. The molecule has 3 heteroatoms. The smallest absolute Gasteiger partial charge is 0.234 e. The lowest BCUT2D eigenvalue weighted by molar-refractivity contribution is -0.123. The Morgan fingerprint density at radius 1 is 1.39 bits per heavy atom. The number of carbonyl (C=O) groups excluding carboxylic acids is 1. The fourth-order valence-electron chi connectivity index (χ4n) is 2.99. The fraction of sp³-hybridized carbons (Fsp3) is 0.533. The minimum atomic E-state index is -0.112. The molecule has 0 radical (unpaired) electrons. The van der Waals surface area contributed by atoms with Crippen LogP contribution in [0.4, 0.5) is 5.69 Å². The quantitative estimate of drug-likeness (QED) is 0.881. The van der Waals surface area contributed by atoms with Gasteiger partial charge in [-0.15, -0.1) is 0 Å². The first-order valence-corrected chi connectivity index (χ1v) is 6.81. The molecule has 1 aliphatic heterocycles. The van der Waals surface area contributed by atoms with Crippen LogP contribution in [0.25, 0.3) is 0 Å². The van der Waals surface area contributed by atoms with Crippen molar-refractivity contribution in [2.24, 2.45) is 5.41 Å². The second kappa shape index (κ2) is 4.39. The normalized spacial score (nSPS) is 20.4. The third-order valence-corrected chi connectivity index (χ3v) is 4.18. The van der Waals surface area contributed by atoms with E-state index >= 15 is 0 Å². The van der Waals surface area contributed by atoms with Gasteiger partial charge in [-0.3, -0.25) is 4.79 Å². The summed E-state index contributed by atoms with van der Waals surface area (Å²) in [6.45, 7) is 1.69. The third-order valence-electron chi connectivity index (χ3n) is 4.18. The lowest BCUT2D eigenvalue weighted by atomic mass is 9.98. The number of rotatable bonds is 3. The van der Waals surface area contributed by atoms with Gasteiger partial charge >= 0.3 is 0 Å². The summed E-state index contributed by atoms with van der Waals surface area (Å²) in [6.07, 6.45) is 4.24. The number of para-hydroxylation sites is 1. The van der Waals surface area contributed by atoms with E-state index in [1.165, 1.54) is 5.56 Å². The van der Waals surface area contributed by atoms with E-state index in [2.05, 4.69) is 23.5 Å². The molecule has 1 heterocycles. The molecule has 1 aromatic rings. The Kier molecular flexibility index (Phi) is 2.86. The van der Waals surface area contributed by atoms with Crippen molar-refractivity contribution >= 4 is 11.6 Å². The number of fused-ring (bicyclic) bond motifs is 1.